The van der Waals surface area contributed by atoms with Gasteiger partial charge in [-0.1, -0.05) is 43.3 Å². The zero-order valence-corrected chi connectivity index (χ0v) is 12.3. The van der Waals surface area contributed by atoms with Crippen molar-refractivity contribution in [3.05, 3.63) is 47.5 Å². The van der Waals surface area contributed by atoms with Crippen LogP contribution in [0.25, 0.3) is 10.8 Å². The topological polar surface area (TPSA) is 26.3 Å². The highest BCUT2D eigenvalue weighted by Crippen LogP contribution is 2.40. The molecule has 0 aromatic heterocycles. The van der Waals surface area contributed by atoms with E-state index in [4.69, 9.17) is 4.74 Å². The summed E-state index contributed by atoms with van der Waals surface area (Å²) in [4.78, 5) is 12.3. The third-order valence-corrected chi connectivity index (χ3v) is 4.46. The van der Waals surface area contributed by atoms with Crippen molar-refractivity contribution in [3.8, 4) is 0 Å². The Bertz CT molecular complexity index is 665. The predicted molar refractivity (Wildman–Crippen MR) is 80.6 cm³/mol. The van der Waals surface area contributed by atoms with Crippen molar-refractivity contribution in [2.24, 2.45) is 5.41 Å². The number of carbonyl (C=O) groups excluding carboxylic acids is 1. The van der Waals surface area contributed by atoms with Gasteiger partial charge in [-0.2, -0.15) is 0 Å². The SMILES string of the molecule is CCC(C)(C)C(=O)OC1Cc2cccc3cccc1c23. The molecule has 1 unspecified atom stereocenters. The van der Waals surface area contributed by atoms with Gasteiger partial charge >= 0.3 is 5.97 Å². The van der Waals surface area contributed by atoms with Crippen molar-refractivity contribution in [3.63, 3.8) is 0 Å². The summed E-state index contributed by atoms with van der Waals surface area (Å²) in [6.45, 7) is 5.90. The molecule has 0 heterocycles. The molecule has 104 valence electrons. The first kappa shape index (κ1) is 13.2. The Morgan fingerprint density at radius 1 is 1.25 bits per heavy atom. The number of rotatable bonds is 3. The largest absolute Gasteiger partial charge is 0.457 e. The van der Waals surface area contributed by atoms with Crippen molar-refractivity contribution < 1.29 is 9.53 Å². The highest BCUT2D eigenvalue weighted by atomic mass is 16.5. The molecule has 3 rings (SSSR count). The van der Waals surface area contributed by atoms with E-state index in [1.807, 2.05) is 26.8 Å². The molecule has 0 amide bonds. The van der Waals surface area contributed by atoms with Crippen LogP contribution in [0.4, 0.5) is 0 Å². The fourth-order valence-electron chi connectivity index (χ4n) is 2.74. The van der Waals surface area contributed by atoms with E-state index in [9.17, 15) is 4.79 Å². The lowest BCUT2D eigenvalue weighted by molar-refractivity contribution is -0.160. The first-order valence-corrected chi connectivity index (χ1v) is 7.24. The summed E-state index contributed by atoms with van der Waals surface area (Å²) in [7, 11) is 0. The van der Waals surface area contributed by atoms with Crippen molar-refractivity contribution >= 4 is 16.7 Å². The summed E-state index contributed by atoms with van der Waals surface area (Å²) in [5.41, 5.74) is 2.02. The minimum absolute atomic E-state index is 0.102. The highest BCUT2D eigenvalue weighted by Gasteiger charge is 2.33. The van der Waals surface area contributed by atoms with Crippen LogP contribution < -0.4 is 0 Å². The van der Waals surface area contributed by atoms with Gasteiger partial charge in [0, 0.05) is 12.0 Å². The molecule has 2 aromatic rings. The molecule has 0 aliphatic heterocycles. The van der Waals surface area contributed by atoms with E-state index >= 15 is 0 Å². The summed E-state index contributed by atoms with van der Waals surface area (Å²) in [5, 5.41) is 2.50. The maximum absolute atomic E-state index is 12.3. The second kappa shape index (κ2) is 4.62. The Labute approximate surface area is 119 Å². The second-order valence-corrected chi connectivity index (χ2v) is 6.20. The van der Waals surface area contributed by atoms with Gasteiger partial charge in [-0.15, -0.1) is 0 Å². The van der Waals surface area contributed by atoms with Crippen LogP contribution in [-0.4, -0.2) is 5.97 Å². The number of ether oxygens (including phenoxy) is 1. The standard InChI is InChI=1S/C18H20O2/c1-4-18(2,3)17(19)20-15-11-13-9-5-7-12-8-6-10-14(15)16(12)13/h5-10,15H,4,11H2,1-3H3. The highest BCUT2D eigenvalue weighted by molar-refractivity contribution is 5.91. The second-order valence-electron chi connectivity index (χ2n) is 6.20. The molecule has 0 radical (unpaired) electrons. The number of esters is 1. The molecule has 0 bridgehead atoms. The van der Waals surface area contributed by atoms with Crippen molar-refractivity contribution in [1.82, 2.24) is 0 Å². The van der Waals surface area contributed by atoms with E-state index in [0.717, 1.165) is 18.4 Å². The van der Waals surface area contributed by atoms with Crippen LogP contribution in [0.3, 0.4) is 0 Å². The zero-order valence-electron chi connectivity index (χ0n) is 12.3. The number of benzene rings is 2. The molecule has 0 fully saturated rings. The minimum Gasteiger partial charge on any atom is -0.457 e. The first-order valence-electron chi connectivity index (χ1n) is 7.24. The van der Waals surface area contributed by atoms with Crippen LogP contribution in [0.5, 0.6) is 0 Å². The molecule has 1 aliphatic carbocycles. The average molecular weight is 268 g/mol. The number of carbonyl (C=O) groups is 1. The van der Waals surface area contributed by atoms with Crippen LogP contribution >= 0.6 is 0 Å². The van der Waals surface area contributed by atoms with E-state index in [-0.39, 0.29) is 12.1 Å². The lowest BCUT2D eigenvalue weighted by Crippen LogP contribution is -2.27. The summed E-state index contributed by atoms with van der Waals surface area (Å²) in [5.74, 6) is -0.102. The fourth-order valence-corrected chi connectivity index (χ4v) is 2.74. The van der Waals surface area contributed by atoms with Crippen LogP contribution in [0.15, 0.2) is 36.4 Å². The van der Waals surface area contributed by atoms with Crippen LogP contribution in [0, 0.1) is 5.41 Å². The van der Waals surface area contributed by atoms with E-state index < -0.39 is 5.41 Å². The Morgan fingerprint density at radius 3 is 2.65 bits per heavy atom. The monoisotopic (exact) mass is 268 g/mol. The lowest BCUT2D eigenvalue weighted by Gasteiger charge is -2.23. The summed E-state index contributed by atoms with van der Waals surface area (Å²) in [6, 6.07) is 12.5. The molecule has 2 aromatic carbocycles. The quantitative estimate of drug-likeness (QED) is 0.770. The molecule has 20 heavy (non-hydrogen) atoms. The lowest BCUT2D eigenvalue weighted by atomic mass is 9.90. The fraction of sp³-hybridized carbons (Fsp3) is 0.389. The maximum Gasteiger partial charge on any atom is 0.312 e. The third-order valence-electron chi connectivity index (χ3n) is 4.46. The van der Waals surface area contributed by atoms with E-state index in [0.29, 0.717) is 0 Å². The molecule has 0 spiro atoms. The molecule has 1 aliphatic rings. The van der Waals surface area contributed by atoms with Gasteiger partial charge in [-0.05, 0) is 36.6 Å². The van der Waals surface area contributed by atoms with Gasteiger partial charge in [0.15, 0.2) is 0 Å². The first-order chi connectivity index (χ1) is 9.53. The average Bonchev–Trinajstić information content (AvgIpc) is 2.79. The Balaban J connectivity index is 1.94. The normalized spacial score (nSPS) is 17.4. The smallest absolute Gasteiger partial charge is 0.312 e. The van der Waals surface area contributed by atoms with Gasteiger partial charge in [0.05, 0.1) is 5.41 Å². The van der Waals surface area contributed by atoms with Crippen LogP contribution in [0.1, 0.15) is 44.4 Å². The molecule has 2 nitrogen and oxygen atoms in total. The van der Waals surface area contributed by atoms with E-state index in [1.54, 1.807) is 0 Å². The molecule has 0 saturated carbocycles. The molecule has 1 atom stereocenters. The van der Waals surface area contributed by atoms with Crippen molar-refractivity contribution in [2.75, 3.05) is 0 Å². The van der Waals surface area contributed by atoms with Crippen LogP contribution in [-0.2, 0) is 16.0 Å². The molecule has 2 heteroatoms. The Kier molecular flexibility index (Phi) is 3.04. The van der Waals surface area contributed by atoms with E-state index in [1.165, 1.54) is 16.3 Å². The van der Waals surface area contributed by atoms with Gasteiger partial charge < -0.3 is 4.74 Å². The van der Waals surface area contributed by atoms with Gasteiger partial charge in [0.25, 0.3) is 0 Å². The predicted octanol–water partition coefficient (Wildman–Crippen LogP) is 4.42. The maximum atomic E-state index is 12.3. The minimum atomic E-state index is -0.414. The Hall–Kier alpha value is -1.83. The van der Waals surface area contributed by atoms with Gasteiger partial charge in [0.2, 0.25) is 0 Å². The molecular formula is C18H20O2. The van der Waals surface area contributed by atoms with E-state index in [2.05, 4.69) is 30.3 Å². The third kappa shape index (κ3) is 2.00. The molecule has 0 saturated heterocycles. The van der Waals surface area contributed by atoms with Gasteiger partial charge in [0.1, 0.15) is 6.10 Å². The van der Waals surface area contributed by atoms with Gasteiger partial charge in [-0.3, -0.25) is 4.79 Å². The van der Waals surface area contributed by atoms with Crippen LogP contribution in [0.2, 0.25) is 0 Å². The summed E-state index contributed by atoms with van der Waals surface area (Å²) >= 11 is 0. The zero-order chi connectivity index (χ0) is 14.3. The Morgan fingerprint density at radius 2 is 1.95 bits per heavy atom. The van der Waals surface area contributed by atoms with Gasteiger partial charge in [-0.25, -0.2) is 0 Å². The molecular weight excluding hydrogens is 248 g/mol. The summed E-state index contributed by atoms with van der Waals surface area (Å²) < 4.78 is 5.80. The molecule has 0 N–H and O–H groups in total. The number of hydrogen-bond acceptors (Lipinski definition) is 2. The number of hydrogen-bond donors (Lipinski definition) is 0. The van der Waals surface area contributed by atoms with Crippen molar-refractivity contribution in [1.29, 1.82) is 0 Å². The van der Waals surface area contributed by atoms with Crippen molar-refractivity contribution in [2.45, 2.75) is 39.7 Å². The summed E-state index contributed by atoms with van der Waals surface area (Å²) in [6.07, 6.45) is 1.45.